The van der Waals surface area contributed by atoms with E-state index in [0.717, 1.165) is 25.7 Å². The molecule has 2 heteroatoms. The van der Waals surface area contributed by atoms with Gasteiger partial charge < -0.3 is 0 Å². The number of ketones is 2. The molecule has 0 atom stereocenters. The van der Waals surface area contributed by atoms with E-state index < -0.39 is 0 Å². The Balaban J connectivity index is 0. The summed E-state index contributed by atoms with van der Waals surface area (Å²) in [6, 6.07) is 0. The van der Waals surface area contributed by atoms with Gasteiger partial charge in [-0.1, -0.05) is 55.4 Å². The van der Waals surface area contributed by atoms with Crippen molar-refractivity contribution in [3.05, 3.63) is 0 Å². The first-order valence-corrected chi connectivity index (χ1v) is 8.13. The summed E-state index contributed by atoms with van der Waals surface area (Å²) in [6.07, 6.45) is 3.60. The molecule has 0 aliphatic heterocycles. The predicted molar refractivity (Wildman–Crippen MR) is 87.8 cm³/mol. The van der Waals surface area contributed by atoms with Gasteiger partial charge in [-0.05, 0) is 24.7 Å². The number of Topliss-reactive ketones (excluding diaryl/α,β-unsaturated/α-hetero) is 2. The highest BCUT2D eigenvalue weighted by Crippen LogP contribution is 2.08. The molecular formula is C18H36O2. The van der Waals surface area contributed by atoms with Gasteiger partial charge in [0.05, 0.1) is 0 Å². The Labute approximate surface area is 126 Å². The quantitative estimate of drug-likeness (QED) is 0.606. The third kappa shape index (κ3) is 15.4. The zero-order valence-corrected chi connectivity index (χ0v) is 15.0. The van der Waals surface area contributed by atoms with Crippen molar-refractivity contribution in [2.24, 2.45) is 23.7 Å². The van der Waals surface area contributed by atoms with Crippen molar-refractivity contribution >= 4 is 11.6 Å². The summed E-state index contributed by atoms with van der Waals surface area (Å²) in [5.41, 5.74) is 0. The first-order valence-electron chi connectivity index (χ1n) is 8.13. The fraction of sp³-hybridized carbons (Fsp3) is 0.889. The van der Waals surface area contributed by atoms with Gasteiger partial charge >= 0.3 is 0 Å². The lowest BCUT2D eigenvalue weighted by Crippen LogP contribution is -2.07. The van der Waals surface area contributed by atoms with Crippen LogP contribution < -0.4 is 0 Å². The maximum Gasteiger partial charge on any atom is 0.135 e. The Morgan fingerprint density at radius 3 is 1.00 bits per heavy atom. The van der Waals surface area contributed by atoms with Crippen LogP contribution in [-0.2, 0) is 9.59 Å². The Bertz CT molecular complexity index is 235. The minimum Gasteiger partial charge on any atom is -0.299 e. The Morgan fingerprint density at radius 1 is 0.600 bits per heavy atom. The van der Waals surface area contributed by atoms with E-state index in [0.29, 0.717) is 23.4 Å². The van der Waals surface area contributed by atoms with Crippen molar-refractivity contribution in [1.29, 1.82) is 0 Å². The topological polar surface area (TPSA) is 34.1 Å². The van der Waals surface area contributed by atoms with Gasteiger partial charge in [0.1, 0.15) is 11.6 Å². The maximum absolute atomic E-state index is 11.0. The molecule has 0 aromatic rings. The number of carbonyl (C=O) groups is 2. The Morgan fingerprint density at radius 2 is 0.850 bits per heavy atom. The average Bonchev–Trinajstić information content (AvgIpc) is 2.33. The van der Waals surface area contributed by atoms with Gasteiger partial charge in [0.25, 0.3) is 0 Å². The van der Waals surface area contributed by atoms with E-state index >= 15 is 0 Å². The second-order valence-electron chi connectivity index (χ2n) is 7.11. The molecule has 0 unspecified atom stereocenters. The van der Waals surface area contributed by atoms with Crippen LogP contribution in [0.1, 0.15) is 81.1 Å². The van der Waals surface area contributed by atoms with Crippen LogP contribution in [0.2, 0.25) is 0 Å². The molecule has 2 nitrogen and oxygen atoms in total. The normalized spacial score (nSPS) is 11.0. The zero-order valence-electron chi connectivity index (χ0n) is 15.0. The van der Waals surface area contributed by atoms with Crippen molar-refractivity contribution in [2.75, 3.05) is 0 Å². The van der Waals surface area contributed by atoms with Gasteiger partial charge in [0.2, 0.25) is 0 Å². The van der Waals surface area contributed by atoms with E-state index in [4.69, 9.17) is 0 Å². The summed E-state index contributed by atoms with van der Waals surface area (Å²) in [5.74, 6) is 2.55. The average molecular weight is 284 g/mol. The van der Waals surface area contributed by atoms with Crippen LogP contribution in [0.4, 0.5) is 0 Å². The lowest BCUT2D eigenvalue weighted by atomic mass is 10.00. The molecular weight excluding hydrogens is 248 g/mol. The minimum atomic E-state index is 0.221. The summed E-state index contributed by atoms with van der Waals surface area (Å²) in [6.45, 7) is 16.4. The summed E-state index contributed by atoms with van der Waals surface area (Å²) in [5, 5.41) is 0. The first kappa shape index (κ1) is 21.6. The van der Waals surface area contributed by atoms with Crippen LogP contribution >= 0.6 is 0 Å². The van der Waals surface area contributed by atoms with Crippen LogP contribution in [-0.4, -0.2) is 11.6 Å². The molecule has 20 heavy (non-hydrogen) atoms. The fourth-order valence-corrected chi connectivity index (χ4v) is 1.44. The van der Waals surface area contributed by atoms with Crippen molar-refractivity contribution in [3.63, 3.8) is 0 Å². The van der Waals surface area contributed by atoms with E-state index in [-0.39, 0.29) is 11.8 Å². The molecule has 0 aliphatic rings. The molecule has 0 N–H and O–H groups in total. The minimum absolute atomic E-state index is 0.221. The van der Waals surface area contributed by atoms with Crippen LogP contribution in [0.15, 0.2) is 0 Å². The monoisotopic (exact) mass is 284 g/mol. The largest absolute Gasteiger partial charge is 0.299 e. The van der Waals surface area contributed by atoms with E-state index in [1.807, 2.05) is 27.7 Å². The molecule has 0 amide bonds. The van der Waals surface area contributed by atoms with Gasteiger partial charge in [-0.15, -0.1) is 0 Å². The smallest absolute Gasteiger partial charge is 0.135 e. The SMILES string of the molecule is CC(C)CCC(=O)C(C)C.CC(C)CCC(=O)C(C)C. The van der Waals surface area contributed by atoms with Crippen LogP contribution in [0.3, 0.4) is 0 Å². The first-order chi connectivity index (χ1) is 9.07. The molecule has 0 aliphatic carbocycles. The molecule has 0 rings (SSSR count). The van der Waals surface area contributed by atoms with Crippen molar-refractivity contribution in [1.82, 2.24) is 0 Å². The molecule has 0 bridgehead atoms. The van der Waals surface area contributed by atoms with Crippen LogP contribution in [0, 0.1) is 23.7 Å². The van der Waals surface area contributed by atoms with Gasteiger partial charge in [0, 0.05) is 24.7 Å². The summed E-state index contributed by atoms with van der Waals surface area (Å²) >= 11 is 0. The van der Waals surface area contributed by atoms with E-state index in [2.05, 4.69) is 27.7 Å². The zero-order chi connectivity index (χ0) is 16.3. The number of rotatable bonds is 8. The van der Waals surface area contributed by atoms with E-state index in [1.54, 1.807) is 0 Å². The molecule has 0 aromatic heterocycles. The maximum atomic E-state index is 11.0. The van der Waals surface area contributed by atoms with Gasteiger partial charge in [-0.3, -0.25) is 9.59 Å². The van der Waals surface area contributed by atoms with E-state index in [9.17, 15) is 9.59 Å². The predicted octanol–water partition coefficient (Wildman–Crippen LogP) is 5.30. The highest BCUT2D eigenvalue weighted by molar-refractivity contribution is 5.80. The molecule has 0 heterocycles. The molecule has 0 fully saturated rings. The van der Waals surface area contributed by atoms with Gasteiger partial charge in [0.15, 0.2) is 0 Å². The van der Waals surface area contributed by atoms with Crippen LogP contribution in [0.25, 0.3) is 0 Å². The third-order valence-electron chi connectivity index (χ3n) is 3.22. The Hall–Kier alpha value is -0.660. The lowest BCUT2D eigenvalue weighted by Gasteiger charge is -2.05. The molecule has 0 saturated carbocycles. The number of carbonyl (C=O) groups excluding carboxylic acids is 2. The molecule has 0 spiro atoms. The van der Waals surface area contributed by atoms with Crippen molar-refractivity contribution < 1.29 is 9.59 Å². The third-order valence-corrected chi connectivity index (χ3v) is 3.22. The van der Waals surface area contributed by atoms with Gasteiger partial charge in [-0.25, -0.2) is 0 Å². The molecule has 0 radical (unpaired) electrons. The second-order valence-corrected chi connectivity index (χ2v) is 7.11. The highest BCUT2D eigenvalue weighted by atomic mass is 16.1. The van der Waals surface area contributed by atoms with Gasteiger partial charge in [-0.2, -0.15) is 0 Å². The highest BCUT2D eigenvalue weighted by Gasteiger charge is 2.07. The fourth-order valence-electron chi connectivity index (χ4n) is 1.44. The summed E-state index contributed by atoms with van der Waals surface area (Å²) in [4.78, 5) is 22.1. The second kappa shape index (κ2) is 12.1. The Kier molecular flexibility index (Phi) is 13.1. The lowest BCUT2D eigenvalue weighted by molar-refractivity contribution is -0.122. The van der Waals surface area contributed by atoms with Crippen LogP contribution in [0.5, 0.6) is 0 Å². The number of hydrogen-bond donors (Lipinski definition) is 0. The van der Waals surface area contributed by atoms with Crippen molar-refractivity contribution in [3.8, 4) is 0 Å². The molecule has 0 aromatic carbocycles. The molecule has 0 saturated heterocycles. The van der Waals surface area contributed by atoms with Crippen molar-refractivity contribution in [2.45, 2.75) is 81.1 Å². The summed E-state index contributed by atoms with van der Waals surface area (Å²) < 4.78 is 0. The number of hydrogen-bond acceptors (Lipinski definition) is 2. The standard InChI is InChI=1S/2C9H18O/c2*1-7(2)5-6-9(10)8(3)4/h2*7-8H,5-6H2,1-4H3. The summed E-state index contributed by atoms with van der Waals surface area (Å²) in [7, 11) is 0. The molecule has 120 valence electrons. The van der Waals surface area contributed by atoms with E-state index in [1.165, 1.54) is 0 Å².